The standard InChI is InChI=1S/C12H19N3O3/c1-7(2)8-6-9(15-14-8)10(16)13-12(3,4)11(17)18-5/h6-7H,1-5H3,(H,13,16)(H,14,15). The van der Waals surface area contributed by atoms with Gasteiger partial charge in [0.1, 0.15) is 11.2 Å². The molecule has 0 aliphatic heterocycles. The van der Waals surface area contributed by atoms with Gasteiger partial charge in [-0.25, -0.2) is 4.79 Å². The molecule has 100 valence electrons. The van der Waals surface area contributed by atoms with Crippen molar-refractivity contribution in [1.82, 2.24) is 15.5 Å². The van der Waals surface area contributed by atoms with E-state index in [1.165, 1.54) is 7.11 Å². The first-order valence-electron chi connectivity index (χ1n) is 5.74. The number of nitrogens with zero attached hydrogens (tertiary/aromatic N) is 1. The van der Waals surface area contributed by atoms with Crippen LogP contribution in [0.15, 0.2) is 6.07 Å². The molecule has 0 unspecified atom stereocenters. The molecule has 6 heteroatoms. The lowest BCUT2D eigenvalue weighted by atomic mass is 10.1. The van der Waals surface area contributed by atoms with Crippen molar-refractivity contribution in [3.05, 3.63) is 17.5 Å². The second-order valence-electron chi connectivity index (χ2n) is 4.93. The molecule has 0 saturated heterocycles. The molecule has 1 amide bonds. The van der Waals surface area contributed by atoms with Crippen LogP contribution in [0.5, 0.6) is 0 Å². The van der Waals surface area contributed by atoms with Gasteiger partial charge in [-0.1, -0.05) is 13.8 Å². The van der Waals surface area contributed by atoms with Crippen molar-refractivity contribution in [3.8, 4) is 0 Å². The summed E-state index contributed by atoms with van der Waals surface area (Å²) >= 11 is 0. The molecule has 0 aliphatic rings. The fourth-order valence-corrected chi connectivity index (χ4v) is 1.40. The molecule has 0 saturated carbocycles. The minimum atomic E-state index is -1.08. The van der Waals surface area contributed by atoms with Crippen LogP contribution in [-0.4, -0.2) is 34.7 Å². The molecule has 0 fully saturated rings. The topological polar surface area (TPSA) is 84.1 Å². The molecule has 1 aromatic heterocycles. The summed E-state index contributed by atoms with van der Waals surface area (Å²) < 4.78 is 4.61. The molecule has 0 radical (unpaired) electrons. The maximum atomic E-state index is 11.9. The number of hydrogen-bond donors (Lipinski definition) is 2. The molecule has 2 N–H and O–H groups in total. The number of aromatic nitrogens is 2. The van der Waals surface area contributed by atoms with Crippen molar-refractivity contribution in [3.63, 3.8) is 0 Å². The average molecular weight is 253 g/mol. The number of carbonyl (C=O) groups is 2. The van der Waals surface area contributed by atoms with Gasteiger partial charge in [-0.05, 0) is 25.8 Å². The summed E-state index contributed by atoms with van der Waals surface area (Å²) in [4.78, 5) is 23.4. The first kappa shape index (κ1) is 14.2. The highest BCUT2D eigenvalue weighted by atomic mass is 16.5. The lowest BCUT2D eigenvalue weighted by molar-refractivity contribution is -0.146. The monoisotopic (exact) mass is 253 g/mol. The van der Waals surface area contributed by atoms with E-state index in [-0.39, 0.29) is 11.6 Å². The normalized spacial score (nSPS) is 11.4. The number of aromatic amines is 1. The Balaban J connectivity index is 2.79. The quantitative estimate of drug-likeness (QED) is 0.790. The first-order valence-corrected chi connectivity index (χ1v) is 5.74. The van der Waals surface area contributed by atoms with Crippen LogP contribution in [0.25, 0.3) is 0 Å². The Morgan fingerprint density at radius 3 is 2.50 bits per heavy atom. The second kappa shape index (κ2) is 5.20. The summed E-state index contributed by atoms with van der Waals surface area (Å²) in [6.07, 6.45) is 0. The lowest BCUT2D eigenvalue weighted by Crippen LogP contribution is -2.50. The maximum absolute atomic E-state index is 11.9. The SMILES string of the molecule is COC(=O)C(C)(C)NC(=O)c1cc(C(C)C)[nH]n1. The molecule has 0 spiro atoms. The van der Waals surface area contributed by atoms with Crippen LogP contribution in [0.1, 0.15) is 49.8 Å². The number of methoxy groups -OCH3 is 1. The van der Waals surface area contributed by atoms with Crippen LogP contribution in [0.2, 0.25) is 0 Å². The molecule has 0 bridgehead atoms. The number of esters is 1. The summed E-state index contributed by atoms with van der Waals surface area (Å²) in [7, 11) is 1.28. The van der Waals surface area contributed by atoms with Crippen LogP contribution in [-0.2, 0) is 9.53 Å². The molecule has 1 rings (SSSR count). The predicted molar refractivity (Wildman–Crippen MR) is 66.2 cm³/mol. The number of rotatable bonds is 4. The third-order valence-corrected chi connectivity index (χ3v) is 2.57. The van der Waals surface area contributed by atoms with Gasteiger partial charge in [0, 0.05) is 5.69 Å². The van der Waals surface area contributed by atoms with Gasteiger partial charge in [-0.15, -0.1) is 0 Å². The molecular formula is C12H19N3O3. The van der Waals surface area contributed by atoms with E-state index in [4.69, 9.17) is 0 Å². The highest BCUT2D eigenvalue weighted by molar-refractivity contribution is 5.96. The highest BCUT2D eigenvalue weighted by Gasteiger charge is 2.31. The number of hydrogen-bond acceptors (Lipinski definition) is 4. The Hall–Kier alpha value is -1.85. The second-order valence-corrected chi connectivity index (χ2v) is 4.93. The molecule has 1 heterocycles. The van der Waals surface area contributed by atoms with Crippen molar-refractivity contribution in [2.75, 3.05) is 7.11 Å². The molecule has 18 heavy (non-hydrogen) atoms. The maximum Gasteiger partial charge on any atom is 0.330 e. The van der Waals surface area contributed by atoms with E-state index in [2.05, 4.69) is 20.3 Å². The minimum Gasteiger partial charge on any atom is -0.467 e. The highest BCUT2D eigenvalue weighted by Crippen LogP contribution is 2.13. The van der Waals surface area contributed by atoms with E-state index < -0.39 is 17.4 Å². The molecule has 0 aliphatic carbocycles. The van der Waals surface area contributed by atoms with Gasteiger partial charge >= 0.3 is 5.97 Å². The Labute approximate surface area is 106 Å². The van der Waals surface area contributed by atoms with Crippen molar-refractivity contribution >= 4 is 11.9 Å². The number of amides is 1. The van der Waals surface area contributed by atoms with E-state index in [0.29, 0.717) is 0 Å². The Morgan fingerprint density at radius 2 is 2.06 bits per heavy atom. The third kappa shape index (κ3) is 3.09. The van der Waals surface area contributed by atoms with Crippen molar-refractivity contribution in [2.45, 2.75) is 39.2 Å². The summed E-state index contributed by atoms with van der Waals surface area (Å²) in [5.74, 6) is -0.656. The van der Waals surface area contributed by atoms with Crippen molar-refractivity contribution in [1.29, 1.82) is 0 Å². The van der Waals surface area contributed by atoms with Crippen LogP contribution in [0, 0.1) is 0 Å². The number of ether oxygens (including phenoxy) is 1. The summed E-state index contributed by atoms with van der Waals surface area (Å²) in [6.45, 7) is 7.14. The van der Waals surface area contributed by atoms with Gasteiger partial charge in [-0.2, -0.15) is 5.10 Å². The van der Waals surface area contributed by atoms with Gasteiger partial charge in [0.05, 0.1) is 7.11 Å². The molecule has 0 aromatic carbocycles. The Morgan fingerprint density at radius 1 is 1.44 bits per heavy atom. The Kier molecular flexibility index (Phi) is 4.11. The fraction of sp³-hybridized carbons (Fsp3) is 0.583. The summed E-state index contributed by atoms with van der Waals surface area (Å²) in [6, 6.07) is 1.67. The van der Waals surface area contributed by atoms with Crippen molar-refractivity contribution in [2.24, 2.45) is 0 Å². The zero-order valence-electron chi connectivity index (χ0n) is 11.3. The third-order valence-electron chi connectivity index (χ3n) is 2.57. The average Bonchev–Trinajstić information content (AvgIpc) is 2.76. The van der Waals surface area contributed by atoms with E-state index in [1.54, 1.807) is 19.9 Å². The van der Waals surface area contributed by atoms with Crippen LogP contribution in [0.4, 0.5) is 0 Å². The van der Waals surface area contributed by atoms with Gasteiger partial charge in [0.25, 0.3) is 5.91 Å². The largest absolute Gasteiger partial charge is 0.467 e. The number of carbonyl (C=O) groups excluding carboxylic acids is 2. The summed E-state index contributed by atoms with van der Waals surface area (Å²) in [5.41, 5.74) is 0.0506. The number of H-pyrrole nitrogens is 1. The fourth-order valence-electron chi connectivity index (χ4n) is 1.40. The zero-order valence-corrected chi connectivity index (χ0v) is 11.3. The Bertz CT molecular complexity index is 449. The van der Waals surface area contributed by atoms with E-state index in [1.807, 2.05) is 13.8 Å². The van der Waals surface area contributed by atoms with Gasteiger partial charge in [0.2, 0.25) is 0 Å². The molecule has 0 atom stereocenters. The van der Waals surface area contributed by atoms with Crippen molar-refractivity contribution < 1.29 is 14.3 Å². The zero-order chi connectivity index (χ0) is 13.9. The lowest BCUT2D eigenvalue weighted by Gasteiger charge is -2.22. The molecule has 6 nitrogen and oxygen atoms in total. The predicted octanol–water partition coefficient (Wildman–Crippen LogP) is 1.21. The van der Waals surface area contributed by atoms with E-state index in [0.717, 1.165) is 5.69 Å². The van der Waals surface area contributed by atoms with Crippen LogP contribution in [0.3, 0.4) is 0 Å². The van der Waals surface area contributed by atoms with Crippen LogP contribution >= 0.6 is 0 Å². The van der Waals surface area contributed by atoms with Gasteiger partial charge in [0.15, 0.2) is 0 Å². The molecule has 1 aromatic rings. The minimum absolute atomic E-state index is 0.257. The van der Waals surface area contributed by atoms with E-state index >= 15 is 0 Å². The van der Waals surface area contributed by atoms with E-state index in [9.17, 15) is 9.59 Å². The number of nitrogens with one attached hydrogen (secondary N) is 2. The molecular weight excluding hydrogens is 234 g/mol. The van der Waals surface area contributed by atoms with Gasteiger partial charge in [-0.3, -0.25) is 9.89 Å². The van der Waals surface area contributed by atoms with Gasteiger partial charge < -0.3 is 10.1 Å². The smallest absolute Gasteiger partial charge is 0.330 e. The summed E-state index contributed by atoms with van der Waals surface area (Å²) in [5, 5.41) is 9.29. The first-order chi connectivity index (χ1) is 8.27. The van der Waals surface area contributed by atoms with Crippen LogP contribution < -0.4 is 5.32 Å².